The van der Waals surface area contributed by atoms with E-state index in [-0.39, 0.29) is 18.4 Å². The van der Waals surface area contributed by atoms with E-state index in [2.05, 4.69) is 0 Å². The van der Waals surface area contributed by atoms with Crippen LogP contribution in [-0.4, -0.2) is 28.9 Å². The zero-order valence-electron chi connectivity index (χ0n) is 17.5. The van der Waals surface area contributed by atoms with E-state index in [4.69, 9.17) is 14.9 Å². The number of nitrogens with one attached hydrogen (secondary N) is 1. The minimum atomic E-state index is -0.479. The van der Waals surface area contributed by atoms with Crippen LogP contribution >= 0.6 is 0 Å². The summed E-state index contributed by atoms with van der Waals surface area (Å²) >= 11 is 0. The second kappa shape index (κ2) is 12.7. The number of nitrogens with zero attached hydrogens (tertiary/aromatic N) is 1. The van der Waals surface area contributed by atoms with Crippen LogP contribution in [0.25, 0.3) is 0 Å². The Labute approximate surface area is 177 Å². The molecule has 30 heavy (non-hydrogen) atoms. The maximum atomic E-state index is 12.9. The Morgan fingerprint density at radius 3 is 2.33 bits per heavy atom. The normalized spacial score (nSPS) is 11.7. The van der Waals surface area contributed by atoms with Crippen molar-refractivity contribution in [3.63, 3.8) is 0 Å². The minimum absolute atomic E-state index is 0.0782. The van der Waals surface area contributed by atoms with Gasteiger partial charge in [-0.3, -0.25) is 14.8 Å². The number of amides is 2. The third-order valence-corrected chi connectivity index (χ3v) is 4.51. The third kappa shape index (κ3) is 7.26. The predicted molar refractivity (Wildman–Crippen MR) is 112 cm³/mol. The summed E-state index contributed by atoms with van der Waals surface area (Å²) in [4.78, 5) is 36.0. The van der Waals surface area contributed by atoms with Crippen molar-refractivity contribution in [1.82, 2.24) is 10.7 Å². The van der Waals surface area contributed by atoms with E-state index < -0.39 is 5.91 Å². The maximum Gasteiger partial charge on any atom is 0.303 e. The lowest BCUT2D eigenvalue weighted by Gasteiger charge is -2.26. The Morgan fingerprint density at radius 1 is 1.03 bits per heavy atom. The lowest BCUT2D eigenvalue weighted by Crippen LogP contribution is -2.33. The Kier molecular flexibility index (Phi) is 10.00. The number of hydrogen-bond donors (Lipinski definition) is 2. The molecule has 7 heteroatoms. The minimum Gasteiger partial charge on any atom is -0.289 e. The molecule has 0 aromatic heterocycles. The van der Waals surface area contributed by atoms with E-state index in [1.54, 1.807) is 41.9 Å². The molecule has 0 spiro atoms. The van der Waals surface area contributed by atoms with Gasteiger partial charge in [-0.1, -0.05) is 74.4 Å². The molecule has 0 heterocycles. The van der Waals surface area contributed by atoms with Crippen LogP contribution in [0.2, 0.25) is 0 Å². The van der Waals surface area contributed by atoms with Crippen molar-refractivity contribution in [3.05, 3.63) is 71.3 Å². The Balaban J connectivity index is 2.17. The van der Waals surface area contributed by atoms with Gasteiger partial charge in [-0.2, -0.15) is 0 Å². The van der Waals surface area contributed by atoms with Crippen molar-refractivity contribution >= 4 is 11.8 Å². The van der Waals surface area contributed by atoms with Gasteiger partial charge >= 0.3 is 5.91 Å². The first kappa shape index (κ1) is 23.5. The summed E-state index contributed by atoms with van der Waals surface area (Å²) in [5, 5.41) is 9.67. The van der Waals surface area contributed by atoms with Crippen molar-refractivity contribution in [2.75, 3.05) is 6.61 Å². The lowest BCUT2D eigenvalue weighted by molar-refractivity contribution is -0.349. The molecule has 1 unspecified atom stereocenters. The quantitative estimate of drug-likeness (QED) is 0.306. The second-order valence-electron chi connectivity index (χ2n) is 6.95. The molecule has 0 saturated carbocycles. The molecule has 2 amide bonds. The van der Waals surface area contributed by atoms with E-state index in [0.29, 0.717) is 18.6 Å². The number of carbonyl (C=O) groups excluding carboxylic acids is 2. The van der Waals surface area contributed by atoms with Gasteiger partial charge in [0.25, 0.3) is 0 Å². The van der Waals surface area contributed by atoms with Crippen molar-refractivity contribution < 1.29 is 24.5 Å². The SMILES string of the molecule is CCCCON(OC(CCC)c1ccc(CC(=O)NO)cc1)C(=O)c1ccccc1. The molecule has 0 radical (unpaired) electrons. The van der Waals surface area contributed by atoms with Crippen LogP contribution in [0.4, 0.5) is 0 Å². The molecule has 2 aromatic carbocycles. The Bertz CT molecular complexity index is 780. The number of benzene rings is 2. The molecule has 0 bridgehead atoms. The van der Waals surface area contributed by atoms with Crippen LogP contribution < -0.4 is 5.48 Å². The summed E-state index contributed by atoms with van der Waals surface area (Å²) in [6.07, 6.45) is 2.98. The number of unbranched alkanes of at least 4 members (excludes halogenated alkanes) is 1. The Hall–Kier alpha value is -2.74. The first-order chi connectivity index (χ1) is 14.6. The molecule has 162 valence electrons. The standard InChI is InChI=1S/C23H30N2O5/c1-3-5-16-29-25(23(27)20-10-7-6-8-11-20)30-21(9-4-2)19-14-12-18(13-15-19)17-22(26)24-28/h6-8,10-15,21,28H,3-5,9,16-17H2,1-2H3,(H,24,26). The topological polar surface area (TPSA) is 88.1 Å². The summed E-state index contributed by atoms with van der Waals surface area (Å²) in [5.74, 6) is -0.836. The van der Waals surface area contributed by atoms with Gasteiger partial charge in [-0.15, -0.1) is 0 Å². The molecule has 2 rings (SSSR count). The van der Waals surface area contributed by atoms with Gasteiger partial charge in [0.2, 0.25) is 5.91 Å². The fourth-order valence-electron chi connectivity index (χ4n) is 2.85. The van der Waals surface area contributed by atoms with Crippen LogP contribution in [0, 0.1) is 0 Å². The average molecular weight is 415 g/mol. The van der Waals surface area contributed by atoms with Gasteiger partial charge < -0.3 is 0 Å². The molecule has 2 N–H and O–H groups in total. The maximum absolute atomic E-state index is 12.9. The fourth-order valence-corrected chi connectivity index (χ4v) is 2.85. The molecule has 7 nitrogen and oxygen atoms in total. The van der Waals surface area contributed by atoms with E-state index in [9.17, 15) is 9.59 Å². The zero-order valence-corrected chi connectivity index (χ0v) is 17.5. The van der Waals surface area contributed by atoms with Crippen LogP contribution in [-0.2, 0) is 20.9 Å². The van der Waals surface area contributed by atoms with Crippen LogP contribution in [0.3, 0.4) is 0 Å². The van der Waals surface area contributed by atoms with Gasteiger partial charge in [0, 0.05) is 5.56 Å². The number of hydroxylamine groups is 3. The van der Waals surface area contributed by atoms with Gasteiger partial charge in [-0.25, -0.2) is 15.2 Å². The zero-order chi connectivity index (χ0) is 21.8. The summed E-state index contributed by atoms with van der Waals surface area (Å²) in [5.41, 5.74) is 3.74. The number of hydrogen-bond acceptors (Lipinski definition) is 5. The predicted octanol–water partition coefficient (Wildman–Crippen LogP) is 4.38. The summed E-state index contributed by atoms with van der Waals surface area (Å²) < 4.78 is 0. The molecule has 0 aliphatic rings. The molecular weight excluding hydrogens is 384 g/mol. The molecule has 0 aliphatic carbocycles. The summed E-state index contributed by atoms with van der Waals surface area (Å²) in [6.45, 7) is 4.47. The largest absolute Gasteiger partial charge is 0.303 e. The van der Waals surface area contributed by atoms with Crippen LogP contribution in [0.1, 0.15) is 67.1 Å². The lowest BCUT2D eigenvalue weighted by atomic mass is 10.0. The molecule has 2 aromatic rings. The van der Waals surface area contributed by atoms with E-state index >= 15 is 0 Å². The van der Waals surface area contributed by atoms with Gasteiger partial charge in [0.1, 0.15) is 6.10 Å². The van der Waals surface area contributed by atoms with Crippen LogP contribution in [0.15, 0.2) is 54.6 Å². The number of carbonyl (C=O) groups is 2. The van der Waals surface area contributed by atoms with Gasteiger partial charge in [-0.05, 0) is 36.1 Å². The first-order valence-corrected chi connectivity index (χ1v) is 10.3. The van der Waals surface area contributed by atoms with E-state index in [0.717, 1.165) is 35.6 Å². The van der Waals surface area contributed by atoms with E-state index in [1.807, 2.05) is 32.0 Å². The highest BCUT2D eigenvalue weighted by molar-refractivity contribution is 5.92. The molecule has 1 atom stereocenters. The van der Waals surface area contributed by atoms with Crippen molar-refractivity contribution in [3.8, 4) is 0 Å². The second-order valence-corrected chi connectivity index (χ2v) is 6.95. The highest BCUT2D eigenvalue weighted by Crippen LogP contribution is 2.26. The molecule has 0 fully saturated rings. The molecule has 0 aliphatic heterocycles. The van der Waals surface area contributed by atoms with Crippen molar-refractivity contribution in [2.24, 2.45) is 0 Å². The smallest absolute Gasteiger partial charge is 0.289 e. The highest BCUT2D eigenvalue weighted by atomic mass is 17.0. The van der Waals surface area contributed by atoms with Gasteiger partial charge in [0.15, 0.2) is 0 Å². The highest BCUT2D eigenvalue weighted by Gasteiger charge is 2.23. The summed E-state index contributed by atoms with van der Waals surface area (Å²) in [7, 11) is 0. The van der Waals surface area contributed by atoms with Crippen LogP contribution in [0.5, 0.6) is 0 Å². The van der Waals surface area contributed by atoms with Crippen molar-refractivity contribution in [2.45, 2.75) is 52.1 Å². The van der Waals surface area contributed by atoms with E-state index in [1.165, 1.54) is 0 Å². The van der Waals surface area contributed by atoms with Crippen molar-refractivity contribution in [1.29, 1.82) is 0 Å². The first-order valence-electron chi connectivity index (χ1n) is 10.3. The van der Waals surface area contributed by atoms with Gasteiger partial charge in [0.05, 0.1) is 13.0 Å². The molecular formula is C23H30N2O5. The Morgan fingerprint density at radius 2 is 1.73 bits per heavy atom. The number of rotatable bonds is 12. The third-order valence-electron chi connectivity index (χ3n) is 4.51. The fraction of sp³-hybridized carbons (Fsp3) is 0.391. The monoisotopic (exact) mass is 414 g/mol. The summed E-state index contributed by atoms with van der Waals surface area (Å²) in [6, 6.07) is 16.2. The average Bonchev–Trinajstić information content (AvgIpc) is 2.78. The molecule has 0 saturated heterocycles.